The van der Waals surface area contributed by atoms with E-state index in [-0.39, 0.29) is 5.91 Å². The molecule has 0 radical (unpaired) electrons. The molecule has 2 rings (SSSR count). The lowest BCUT2D eigenvalue weighted by atomic mass is 10.2. The smallest absolute Gasteiger partial charge is 0.271 e. The van der Waals surface area contributed by atoms with E-state index in [0.29, 0.717) is 11.3 Å². The number of carbonyl (C=O) groups is 1. The third-order valence-electron chi connectivity index (χ3n) is 2.91. The number of ether oxygens (including phenoxy) is 1. The highest BCUT2D eigenvalue weighted by Gasteiger charge is 2.08. The van der Waals surface area contributed by atoms with Gasteiger partial charge in [0.15, 0.2) is 0 Å². The number of amides is 1. The van der Waals surface area contributed by atoms with E-state index in [0.717, 1.165) is 9.13 Å². The number of halogens is 1. The number of hydrazone groups is 1. The van der Waals surface area contributed by atoms with Crippen LogP contribution in [0.5, 0.6) is 5.75 Å². The molecule has 2 aromatic rings. The Morgan fingerprint density at radius 2 is 2.00 bits per heavy atom. The number of nitrogens with zero attached hydrogens (tertiary/aromatic N) is 1. The fourth-order valence-electron chi connectivity index (χ4n) is 1.72. The minimum Gasteiger partial charge on any atom is -0.496 e. The Morgan fingerprint density at radius 1 is 1.27 bits per heavy atom. The molecule has 6 heteroatoms. The maximum absolute atomic E-state index is 12.0. The second kappa shape index (κ2) is 8.19. The number of thioether (sulfide) groups is 1. The van der Waals surface area contributed by atoms with Crippen molar-refractivity contribution in [3.8, 4) is 5.75 Å². The molecular weight excluding hydrogens is 411 g/mol. The van der Waals surface area contributed by atoms with Gasteiger partial charge in [0, 0.05) is 10.5 Å². The molecule has 22 heavy (non-hydrogen) atoms. The zero-order valence-electron chi connectivity index (χ0n) is 12.2. The van der Waals surface area contributed by atoms with E-state index in [4.69, 9.17) is 4.74 Å². The molecule has 0 fully saturated rings. The van der Waals surface area contributed by atoms with Crippen LogP contribution in [0.2, 0.25) is 0 Å². The standard InChI is InChI=1S/C16H15IN2O2S/c1-21-15-9-12(5-8-14(15)17)16(20)19-18-10-11-3-6-13(22-2)7-4-11/h3-10H,1-2H3,(H,19,20)/b18-10-. The van der Waals surface area contributed by atoms with Crippen LogP contribution in [0, 0.1) is 3.57 Å². The first-order valence-corrected chi connectivity index (χ1v) is 8.75. The monoisotopic (exact) mass is 426 g/mol. The average molecular weight is 426 g/mol. The maximum atomic E-state index is 12.0. The van der Waals surface area contributed by atoms with Gasteiger partial charge in [-0.25, -0.2) is 5.43 Å². The Morgan fingerprint density at radius 3 is 2.64 bits per heavy atom. The molecule has 0 aliphatic rings. The first kappa shape index (κ1) is 16.8. The minimum atomic E-state index is -0.272. The molecule has 4 nitrogen and oxygen atoms in total. The molecular formula is C16H15IN2O2S. The van der Waals surface area contributed by atoms with Crippen LogP contribution in [0.3, 0.4) is 0 Å². The van der Waals surface area contributed by atoms with Crippen molar-refractivity contribution in [2.24, 2.45) is 5.10 Å². The van der Waals surface area contributed by atoms with Crippen molar-refractivity contribution in [1.82, 2.24) is 5.43 Å². The molecule has 0 unspecified atom stereocenters. The van der Waals surface area contributed by atoms with Gasteiger partial charge in [0.05, 0.1) is 16.9 Å². The van der Waals surface area contributed by atoms with Gasteiger partial charge >= 0.3 is 0 Å². The first-order valence-electron chi connectivity index (χ1n) is 6.45. The zero-order valence-corrected chi connectivity index (χ0v) is 15.1. The number of carbonyl (C=O) groups excluding carboxylic acids is 1. The highest BCUT2D eigenvalue weighted by molar-refractivity contribution is 14.1. The van der Waals surface area contributed by atoms with Crippen LogP contribution >= 0.6 is 34.4 Å². The number of hydrogen-bond acceptors (Lipinski definition) is 4. The lowest BCUT2D eigenvalue weighted by Crippen LogP contribution is -2.17. The molecule has 0 atom stereocenters. The third-order valence-corrected chi connectivity index (χ3v) is 4.54. The summed E-state index contributed by atoms with van der Waals surface area (Å²) in [5, 5.41) is 3.98. The number of nitrogens with one attached hydrogen (secondary N) is 1. The predicted molar refractivity (Wildman–Crippen MR) is 99.0 cm³/mol. The summed E-state index contributed by atoms with van der Waals surface area (Å²) < 4.78 is 6.16. The molecule has 0 saturated carbocycles. The molecule has 2 aromatic carbocycles. The molecule has 0 heterocycles. The largest absolute Gasteiger partial charge is 0.496 e. The van der Waals surface area contributed by atoms with Crippen LogP contribution in [-0.4, -0.2) is 25.5 Å². The van der Waals surface area contributed by atoms with E-state index < -0.39 is 0 Å². The van der Waals surface area contributed by atoms with Crippen molar-refractivity contribution in [3.63, 3.8) is 0 Å². The predicted octanol–water partition coefficient (Wildman–Crippen LogP) is 3.79. The van der Waals surface area contributed by atoms with Gasteiger partial charge in [0.25, 0.3) is 5.91 Å². The van der Waals surface area contributed by atoms with E-state index in [2.05, 4.69) is 33.1 Å². The first-order chi connectivity index (χ1) is 10.6. The molecule has 0 aromatic heterocycles. The highest BCUT2D eigenvalue weighted by Crippen LogP contribution is 2.21. The lowest BCUT2D eigenvalue weighted by Gasteiger charge is -2.05. The molecule has 114 valence electrons. The van der Waals surface area contributed by atoms with Crippen LogP contribution < -0.4 is 10.2 Å². The Bertz CT molecular complexity index is 687. The summed E-state index contributed by atoms with van der Waals surface area (Å²) in [5.41, 5.74) is 3.95. The van der Waals surface area contributed by atoms with E-state index in [1.807, 2.05) is 36.6 Å². The van der Waals surface area contributed by atoms with Gasteiger partial charge in [-0.2, -0.15) is 5.10 Å². The molecule has 1 N–H and O–H groups in total. The summed E-state index contributed by atoms with van der Waals surface area (Å²) in [6.45, 7) is 0. The summed E-state index contributed by atoms with van der Waals surface area (Å²) in [4.78, 5) is 13.2. The molecule has 0 aliphatic heterocycles. The summed E-state index contributed by atoms with van der Waals surface area (Å²) in [6, 6.07) is 13.2. The van der Waals surface area contributed by atoms with Crippen molar-refractivity contribution in [2.45, 2.75) is 4.90 Å². The molecule has 0 bridgehead atoms. The Hall–Kier alpha value is -1.54. The Labute approximate surface area is 147 Å². The van der Waals surface area contributed by atoms with Gasteiger partial charge in [-0.15, -0.1) is 11.8 Å². The van der Waals surface area contributed by atoms with Crippen LogP contribution in [0.25, 0.3) is 0 Å². The van der Waals surface area contributed by atoms with E-state index in [9.17, 15) is 4.79 Å². The zero-order chi connectivity index (χ0) is 15.9. The van der Waals surface area contributed by atoms with Gasteiger partial charge in [-0.3, -0.25) is 4.79 Å². The number of benzene rings is 2. The Balaban J connectivity index is 2.01. The normalized spacial score (nSPS) is 10.7. The third kappa shape index (κ3) is 4.48. The fourth-order valence-corrected chi connectivity index (χ4v) is 2.68. The van der Waals surface area contributed by atoms with Crippen LogP contribution in [0.15, 0.2) is 52.5 Å². The highest BCUT2D eigenvalue weighted by atomic mass is 127. The fraction of sp³-hybridized carbons (Fsp3) is 0.125. The van der Waals surface area contributed by atoms with Crippen LogP contribution in [0.4, 0.5) is 0 Å². The van der Waals surface area contributed by atoms with Gasteiger partial charge in [0.1, 0.15) is 5.75 Å². The molecule has 0 aliphatic carbocycles. The van der Waals surface area contributed by atoms with Crippen LogP contribution in [-0.2, 0) is 0 Å². The van der Waals surface area contributed by atoms with E-state index >= 15 is 0 Å². The van der Waals surface area contributed by atoms with Crippen molar-refractivity contribution in [1.29, 1.82) is 0 Å². The van der Waals surface area contributed by atoms with Crippen molar-refractivity contribution in [3.05, 3.63) is 57.2 Å². The van der Waals surface area contributed by atoms with Gasteiger partial charge in [0.2, 0.25) is 0 Å². The summed E-state index contributed by atoms with van der Waals surface area (Å²) >= 11 is 3.84. The topological polar surface area (TPSA) is 50.7 Å². The number of methoxy groups -OCH3 is 1. The Kier molecular flexibility index (Phi) is 6.26. The summed E-state index contributed by atoms with van der Waals surface area (Å²) in [6.07, 6.45) is 3.64. The van der Waals surface area contributed by atoms with E-state index in [1.165, 1.54) is 4.90 Å². The maximum Gasteiger partial charge on any atom is 0.271 e. The van der Waals surface area contributed by atoms with Gasteiger partial charge in [-0.1, -0.05) is 12.1 Å². The van der Waals surface area contributed by atoms with Gasteiger partial charge in [-0.05, 0) is 64.7 Å². The quantitative estimate of drug-likeness (QED) is 0.343. The van der Waals surface area contributed by atoms with Crippen molar-refractivity contribution >= 4 is 46.5 Å². The average Bonchev–Trinajstić information content (AvgIpc) is 2.55. The SMILES string of the molecule is COc1cc(C(=O)N/N=C\c2ccc(SC)cc2)ccc1I. The summed E-state index contributed by atoms with van der Waals surface area (Å²) in [5.74, 6) is 0.400. The number of hydrogen-bond donors (Lipinski definition) is 1. The van der Waals surface area contributed by atoms with Crippen molar-refractivity contribution in [2.75, 3.05) is 13.4 Å². The summed E-state index contributed by atoms with van der Waals surface area (Å²) in [7, 11) is 1.58. The molecule has 0 spiro atoms. The number of rotatable bonds is 5. The lowest BCUT2D eigenvalue weighted by molar-refractivity contribution is 0.0955. The van der Waals surface area contributed by atoms with Gasteiger partial charge < -0.3 is 4.74 Å². The molecule has 1 amide bonds. The van der Waals surface area contributed by atoms with Crippen LogP contribution in [0.1, 0.15) is 15.9 Å². The second-order valence-electron chi connectivity index (χ2n) is 4.32. The van der Waals surface area contributed by atoms with Crippen molar-refractivity contribution < 1.29 is 9.53 Å². The minimum absolute atomic E-state index is 0.272. The second-order valence-corrected chi connectivity index (χ2v) is 6.36. The van der Waals surface area contributed by atoms with E-state index in [1.54, 1.807) is 37.2 Å². The molecule has 0 saturated heterocycles.